The lowest BCUT2D eigenvalue weighted by Crippen LogP contribution is -2.27. The molecule has 0 radical (unpaired) electrons. The maximum absolute atomic E-state index is 15.2. The molecule has 1 saturated heterocycles. The van der Waals surface area contributed by atoms with E-state index in [1.165, 1.54) is 11.6 Å². The highest BCUT2D eigenvalue weighted by Gasteiger charge is 2.20. The number of rotatable bonds is 11. The number of ether oxygens (including phenoxy) is 1. The summed E-state index contributed by atoms with van der Waals surface area (Å²) in [6, 6.07) is 17.5. The Morgan fingerprint density at radius 2 is 1.90 bits per heavy atom. The van der Waals surface area contributed by atoms with E-state index in [9.17, 15) is 5.26 Å². The molecule has 3 heterocycles. The Hall–Kier alpha value is -3.76. The van der Waals surface area contributed by atoms with Gasteiger partial charge in [-0.1, -0.05) is 57.7 Å². The first-order valence-electron chi connectivity index (χ1n) is 14.1. The van der Waals surface area contributed by atoms with Crippen molar-refractivity contribution in [3.63, 3.8) is 0 Å². The van der Waals surface area contributed by atoms with Gasteiger partial charge in [0.05, 0.1) is 23.1 Å². The molecule has 210 valence electrons. The summed E-state index contributed by atoms with van der Waals surface area (Å²) in [4.78, 5) is 9.25. The van der Waals surface area contributed by atoms with Gasteiger partial charge in [0.25, 0.3) is 0 Å². The monoisotopic (exact) mass is 541 g/mol. The van der Waals surface area contributed by atoms with Crippen LogP contribution in [0, 0.1) is 28.5 Å². The number of hydrogen-bond donors (Lipinski definition) is 2. The van der Waals surface area contributed by atoms with E-state index in [1.807, 2.05) is 30.3 Å². The van der Waals surface area contributed by atoms with Crippen LogP contribution in [0.2, 0.25) is 0 Å². The number of benzene rings is 1. The highest BCUT2D eigenvalue weighted by molar-refractivity contribution is 5.62. The SMILES string of the molecule is C=C(CC(C)(C)C)NC[C@@H](Cc1ccccc1)Cc1nc(Nc2ccc(C3CCOCC3)nc2)c(C#N)cc1F. The molecule has 0 bridgehead atoms. The highest BCUT2D eigenvalue weighted by atomic mass is 19.1. The molecule has 1 aliphatic rings. The fourth-order valence-electron chi connectivity index (χ4n) is 5.13. The van der Waals surface area contributed by atoms with E-state index in [0.29, 0.717) is 36.1 Å². The Bertz CT molecular complexity index is 1310. The molecule has 7 heteroatoms. The van der Waals surface area contributed by atoms with E-state index in [0.717, 1.165) is 50.3 Å². The van der Waals surface area contributed by atoms with Gasteiger partial charge in [0.2, 0.25) is 0 Å². The number of nitriles is 1. The van der Waals surface area contributed by atoms with Crippen molar-refractivity contribution >= 4 is 11.5 Å². The molecule has 4 rings (SSSR count). The number of pyridine rings is 2. The minimum Gasteiger partial charge on any atom is -0.388 e. The van der Waals surface area contributed by atoms with Gasteiger partial charge in [0, 0.05) is 37.1 Å². The van der Waals surface area contributed by atoms with Gasteiger partial charge in [0.15, 0.2) is 0 Å². The van der Waals surface area contributed by atoms with E-state index >= 15 is 4.39 Å². The van der Waals surface area contributed by atoms with Crippen LogP contribution in [0.15, 0.2) is 67.0 Å². The third-order valence-corrected chi connectivity index (χ3v) is 7.09. The predicted octanol–water partition coefficient (Wildman–Crippen LogP) is 7.07. The van der Waals surface area contributed by atoms with Crippen molar-refractivity contribution < 1.29 is 9.13 Å². The van der Waals surface area contributed by atoms with Crippen LogP contribution in [0.3, 0.4) is 0 Å². The molecule has 1 aromatic carbocycles. The largest absolute Gasteiger partial charge is 0.388 e. The van der Waals surface area contributed by atoms with E-state index in [1.54, 1.807) is 6.20 Å². The van der Waals surface area contributed by atoms with Crippen molar-refractivity contribution in [3.05, 3.63) is 95.3 Å². The number of nitrogens with one attached hydrogen (secondary N) is 2. The van der Waals surface area contributed by atoms with Crippen LogP contribution >= 0.6 is 0 Å². The molecular formula is C33H40FN5O. The standard InChI is InChI=1S/C33H40FN5O/c1-23(19-33(2,3)4)36-21-25(16-24-8-6-5-7-9-24)17-31-29(34)18-27(20-35)32(39-31)38-28-10-11-30(37-22-28)26-12-14-40-15-13-26/h5-11,18,22,25-26,36H,1,12-17,19,21H2,2-4H3,(H,38,39)/t25-/m0/s1. The summed E-state index contributed by atoms with van der Waals surface area (Å²) >= 11 is 0. The van der Waals surface area contributed by atoms with Crippen LogP contribution in [0.4, 0.5) is 15.9 Å². The minimum atomic E-state index is -0.471. The van der Waals surface area contributed by atoms with Gasteiger partial charge in [-0.3, -0.25) is 4.98 Å². The highest BCUT2D eigenvalue weighted by Crippen LogP contribution is 2.28. The lowest BCUT2D eigenvalue weighted by Gasteiger charge is -2.24. The molecule has 6 nitrogen and oxygen atoms in total. The topological polar surface area (TPSA) is 82.9 Å². The van der Waals surface area contributed by atoms with Crippen molar-refractivity contribution in [2.75, 3.05) is 25.1 Å². The average Bonchev–Trinajstić information content (AvgIpc) is 2.94. The van der Waals surface area contributed by atoms with Crippen molar-refractivity contribution in [3.8, 4) is 6.07 Å². The second-order valence-corrected chi connectivity index (χ2v) is 11.9. The second kappa shape index (κ2) is 13.5. The Labute approximate surface area is 237 Å². The minimum absolute atomic E-state index is 0.0716. The fraction of sp³-hybridized carbons (Fsp3) is 0.424. The summed E-state index contributed by atoms with van der Waals surface area (Å²) in [5.74, 6) is 0.328. The Balaban J connectivity index is 1.52. The molecule has 40 heavy (non-hydrogen) atoms. The molecule has 0 amide bonds. The lowest BCUT2D eigenvalue weighted by atomic mass is 9.90. The zero-order valence-corrected chi connectivity index (χ0v) is 23.8. The van der Waals surface area contributed by atoms with Crippen molar-refractivity contribution in [1.82, 2.24) is 15.3 Å². The van der Waals surface area contributed by atoms with Crippen LogP contribution in [0.1, 0.15) is 68.5 Å². The first-order valence-corrected chi connectivity index (χ1v) is 14.1. The quantitative estimate of drug-likeness (QED) is 0.270. The number of nitrogens with zero attached hydrogens (tertiary/aromatic N) is 3. The zero-order valence-electron chi connectivity index (χ0n) is 23.8. The van der Waals surface area contributed by atoms with Gasteiger partial charge < -0.3 is 15.4 Å². The van der Waals surface area contributed by atoms with Gasteiger partial charge in [-0.25, -0.2) is 9.37 Å². The fourth-order valence-corrected chi connectivity index (χ4v) is 5.13. The first-order chi connectivity index (χ1) is 19.2. The number of anilines is 2. The van der Waals surface area contributed by atoms with Crippen LogP contribution in [-0.4, -0.2) is 29.7 Å². The summed E-state index contributed by atoms with van der Waals surface area (Å²) in [5, 5.41) is 16.4. The number of halogens is 1. The Morgan fingerprint density at radius 1 is 1.15 bits per heavy atom. The van der Waals surface area contributed by atoms with Crippen molar-refractivity contribution in [2.45, 2.75) is 58.8 Å². The van der Waals surface area contributed by atoms with Crippen LogP contribution in [0.5, 0.6) is 0 Å². The van der Waals surface area contributed by atoms with E-state index < -0.39 is 5.82 Å². The summed E-state index contributed by atoms with van der Waals surface area (Å²) in [6.07, 6.45) is 5.70. The Kier molecular flexibility index (Phi) is 9.89. The third kappa shape index (κ3) is 8.62. The van der Waals surface area contributed by atoms with E-state index in [4.69, 9.17) is 4.74 Å². The maximum Gasteiger partial charge on any atom is 0.148 e. The smallest absolute Gasteiger partial charge is 0.148 e. The summed E-state index contributed by atoms with van der Waals surface area (Å²) in [7, 11) is 0. The molecule has 2 N–H and O–H groups in total. The molecule has 1 atom stereocenters. The molecule has 0 saturated carbocycles. The normalized spacial score (nSPS) is 14.8. The second-order valence-electron chi connectivity index (χ2n) is 11.9. The number of allylic oxidation sites excluding steroid dienone is 1. The summed E-state index contributed by atoms with van der Waals surface area (Å²) < 4.78 is 20.7. The molecule has 2 aromatic heterocycles. The van der Waals surface area contributed by atoms with Crippen LogP contribution in [0.25, 0.3) is 0 Å². The molecule has 3 aromatic rings. The van der Waals surface area contributed by atoms with Gasteiger partial charge >= 0.3 is 0 Å². The number of hydrogen-bond acceptors (Lipinski definition) is 6. The van der Waals surface area contributed by atoms with Crippen LogP contribution < -0.4 is 10.6 Å². The van der Waals surface area contributed by atoms with Crippen LogP contribution in [-0.2, 0) is 17.6 Å². The zero-order chi connectivity index (χ0) is 28.5. The van der Waals surface area contributed by atoms with Crippen molar-refractivity contribution in [2.24, 2.45) is 11.3 Å². The average molecular weight is 542 g/mol. The van der Waals surface area contributed by atoms with Crippen molar-refractivity contribution in [1.29, 1.82) is 5.26 Å². The summed E-state index contributed by atoms with van der Waals surface area (Å²) in [5.41, 5.74) is 4.50. The number of aromatic nitrogens is 2. The lowest BCUT2D eigenvalue weighted by molar-refractivity contribution is 0.0845. The summed E-state index contributed by atoms with van der Waals surface area (Å²) in [6.45, 7) is 12.9. The molecule has 1 aliphatic heterocycles. The van der Waals surface area contributed by atoms with E-state index in [2.05, 4.69) is 66.2 Å². The molecule has 1 fully saturated rings. The first kappa shape index (κ1) is 29.2. The molecule has 0 spiro atoms. The molecular weight excluding hydrogens is 501 g/mol. The van der Waals surface area contributed by atoms with Gasteiger partial charge in [-0.2, -0.15) is 5.26 Å². The van der Waals surface area contributed by atoms with Gasteiger partial charge in [-0.05, 0) is 67.2 Å². The third-order valence-electron chi connectivity index (χ3n) is 7.09. The maximum atomic E-state index is 15.2. The van der Waals surface area contributed by atoms with Gasteiger partial charge in [0.1, 0.15) is 17.7 Å². The Morgan fingerprint density at radius 3 is 2.55 bits per heavy atom. The molecule has 0 aliphatic carbocycles. The van der Waals surface area contributed by atoms with E-state index in [-0.39, 0.29) is 16.9 Å². The van der Waals surface area contributed by atoms with Gasteiger partial charge in [-0.15, -0.1) is 0 Å². The predicted molar refractivity (Wildman–Crippen MR) is 158 cm³/mol. The molecule has 0 unspecified atom stereocenters.